The highest BCUT2D eigenvalue weighted by atomic mass is 16.5. The van der Waals surface area contributed by atoms with Crippen molar-refractivity contribution < 1.29 is 19.4 Å². The molecule has 114 valence electrons. The fourth-order valence-corrected chi connectivity index (χ4v) is 3.10. The zero-order chi connectivity index (χ0) is 14.7. The molecular formula is C14H24N2O4. The lowest BCUT2D eigenvalue weighted by atomic mass is 9.99. The first-order valence-corrected chi connectivity index (χ1v) is 7.29. The third kappa shape index (κ3) is 3.42. The largest absolute Gasteiger partial charge is 0.481 e. The Balaban J connectivity index is 1.85. The Labute approximate surface area is 119 Å². The maximum absolute atomic E-state index is 12.4. The normalized spacial score (nSPS) is 30.3. The molecule has 3 atom stereocenters. The van der Waals surface area contributed by atoms with Crippen molar-refractivity contribution in [1.29, 1.82) is 0 Å². The number of ether oxygens (including phenoxy) is 1. The lowest BCUT2D eigenvalue weighted by Crippen LogP contribution is -2.43. The average Bonchev–Trinajstić information content (AvgIpc) is 2.81. The Kier molecular flexibility index (Phi) is 4.86. The minimum atomic E-state index is -0.809. The maximum Gasteiger partial charge on any atom is 0.319 e. The van der Waals surface area contributed by atoms with Gasteiger partial charge in [-0.1, -0.05) is 6.92 Å². The molecule has 2 heterocycles. The summed E-state index contributed by atoms with van der Waals surface area (Å²) in [6, 6.07) is -0.0637. The molecule has 2 aliphatic rings. The van der Waals surface area contributed by atoms with Gasteiger partial charge in [-0.25, -0.2) is 4.79 Å². The molecule has 0 aromatic heterocycles. The van der Waals surface area contributed by atoms with Gasteiger partial charge in [0.2, 0.25) is 0 Å². The van der Waals surface area contributed by atoms with Crippen molar-refractivity contribution in [1.82, 2.24) is 9.80 Å². The van der Waals surface area contributed by atoms with E-state index in [-0.39, 0.29) is 11.9 Å². The minimum absolute atomic E-state index is 0.0165. The summed E-state index contributed by atoms with van der Waals surface area (Å²) in [6.07, 6.45) is 2.14. The number of rotatable bonds is 3. The first kappa shape index (κ1) is 15.1. The van der Waals surface area contributed by atoms with E-state index in [0.717, 1.165) is 19.4 Å². The second-order valence-electron chi connectivity index (χ2n) is 6.07. The van der Waals surface area contributed by atoms with E-state index >= 15 is 0 Å². The Morgan fingerprint density at radius 2 is 2.15 bits per heavy atom. The second kappa shape index (κ2) is 6.43. The summed E-state index contributed by atoms with van der Waals surface area (Å²) < 4.78 is 5.42. The molecule has 6 heteroatoms. The van der Waals surface area contributed by atoms with Crippen LogP contribution in [0.1, 0.15) is 19.8 Å². The molecule has 6 nitrogen and oxygen atoms in total. The van der Waals surface area contributed by atoms with Gasteiger partial charge < -0.3 is 19.6 Å². The number of urea groups is 1. The summed E-state index contributed by atoms with van der Waals surface area (Å²) >= 11 is 0. The van der Waals surface area contributed by atoms with Crippen LogP contribution in [0.25, 0.3) is 0 Å². The number of hydrogen-bond acceptors (Lipinski definition) is 3. The highest BCUT2D eigenvalue weighted by Gasteiger charge is 2.38. The van der Waals surface area contributed by atoms with Gasteiger partial charge in [-0.05, 0) is 18.8 Å². The number of aliphatic carboxylic acids is 1. The number of likely N-dealkylation sites (tertiary alicyclic amines) is 1. The second-order valence-corrected chi connectivity index (χ2v) is 6.07. The molecule has 1 N–H and O–H groups in total. The van der Waals surface area contributed by atoms with Gasteiger partial charge >= 0.3 is 12.0 Å². The van der Waals surface area contributed by atoms with Gasteiger partial charge in [0.15, 0.2) is 0 Å². The Morgan fingerprint density at radius 1 is 1.40 bits per heavy atom. The van der Waals surface area contributed by atoms with E-state index < -0.39 is 11.9 Å². The Hall–Kier alpha value is -1.30. The quantitative estimate of drug-likeness (QED) is 0.843. The molecule has 2 aliphatic heterocycles. The molecule has 2 saturated heterocycles. The Morgan fingerprint density at radius 3 is 2.70 bits per heavy atom. The predicted octanol–water partition coefficient (Wildman–Crippen LogP) is 1.12. The van der Waals surface area contributed by atoms with E-state index in [1.165, 1.54) is 0 Å². The van der Waals surface area contributed by atoms with Gasteiger partial charge in [0.1, 0.15) is 0 Å². The number of nitrogens with zero attached hydrogens (tertiary/aromatic N) is 2. The summed E-state index contributed by atoms with van der Waals surface area (Å²) in [7, 11) is 1.79. The first-order chi connectivity index (χ1) is 9.49. The van der Waals surface area contributed by atoms with E-state index in [1.807, 2.05) is 6.92 Å². The molecule has 0 aromatic carbocycles. The predicted molar refractivity (Wildman–Crippen MR) is 73.4 cm³/mol. The van der Waals surface area contributed by atoms with Crippen molar-refractivity contribution in [2.24, 2.45) is 17.8 Å². The molecular weight excluding hydrogens is 260 g/mol. The van der Waals surface area contributed by atoms with Crippen LogP contribution in [0.3, 0.4) is 0 Å². The molecule has 2 rings (SSSR count). The summed E-state index contributed by atoms with van der Waals surface area (Å²) in [5.41, 5.74) is 0. The molecule has 0 saturated carbocycles. The maximum atomic E-state index is 12.4. The van der Waals surface area contributed by atoms with E-state index in [9.17, 15) is 9.59 Å². The van der Waals surface area contributed by atoms with Crippen LogP contribution in [0.5, 0.6) is 0 Å². The van der Waals surface area contributed by atoms with E-state index in [4.69, 9.17) is 9.84 Å². The third-order valence-corrected chi connectivity index (χ3v) is 4.31. The van der Waals surface area contributed by atoms with Crippen LogP contribution in [-0.2, 0) is 9.53 Å². The van der Waals surface area contributed by atoms with Crippen LogP contribution >= 0.6 is 0 Å². The zero-order valence-electron chi connectivity index (χ0n) is 12.2. The highest BCUT2D eigenvalue weighted by molar-refractivity contribution is 5.77. The summed E-state index contributed by atoms with van der Waals surface area (Å²) in [4.78, 5) is 26.8. The van der Waals surface area contributed by atoms with Crippen LogP contribution in [0.2, 0.25) is 0 Å². The lowest BCUT2D eigenvalue weighted by Gasteiger charge is -2.30. The molecule has 3 unspecified atom stereocenters. The van der Waals surface area contributed by atoms with Crippen LogP contribution in [0.15, 0.2) is 0 Å². The van der Waals surface area contributed by atoms with Crippen molar-refractivity contribution in [3.63, 3.8) is 0 Å². The molecule has 0 bridgehead atoms. The van der Waals surface area contributed by atoms with E-state index in [0.29, 0.717) is 32.2 Å². The van der Waals surface area contributed by atoms with Gasteiger partial charge in [0, 0.05) is 39.2 Å². The van der Waals surface area contributed by atoms with E-state index in [2.05, 4.69) is 0 Å². The highest BCUT2D eigenvalue weighted by Crippen LogP contribution is 2.24. The monoisotopic (exact) mass is 284 g/mol. The zero-order valence-corrected chi connectivity index (χ0v) is 12.2. The fourth-order valence-electron chi connectivity index (χ4n) is 3.10. The summed E-state index contributed by atoms with van der Waals surface area (Å²) in [5, 5.41) is 9.11. The van der Waals surface area contributed by atoms with Gasteiger partial charge in [-0.2, -0.15) is 0 Å². The van der Waals surface area contributed by atoms with Gasteiger partial charge in [0.05, 0.1) is 12.5 Å². The third-order valence-electron chi connectivity index (χ3n) is 4.31. The average molecular weight is 284 g/mol. The fraction of sp³-hybridized carbons (Fsp3) is 0.857. The number of carboxylic acid groups (broad SMARTS) is 1. The molecule has 20 heavy (non-hydrogen) atoms. The smallest absolute Gasteiger partial charge is 0.319 e. The van der Waals surface area contributed by atoms with Gasteiger partial charge in [-0.3, -0.25) is 4.79 Å². The number of carboxylic acids is 1. The van der Waals surface area contributed by atoms with Crippen molar-refractivity contribution >= 4 is 12.0 Å². The molecule has 0 spiro atoms. The minimum Gasteiger partial charge on any atom is -0.481 e. The van der Waals surface area contributed by atoms with Crippen LogP contribution in [0.4, 0.5) is 4.79 Å². The van der Waals surface area contributed by atoms with E-state index in [1.54, 1.807) is 16.8 Å². The van der Waals surface area contributed by atoms with Crippen LogP contribution in [0, 0.1) is 17.8 Å². The lowest BCUT2D eigenvalue weighted by molar-refractivity contribution is -0.142. The van der Waals surface area contributed by atoms with Crippen LogP contribution < -0.4 is 0 Å². The Bertz CT molecular complexity index is 368. The van der Waals surface area contributed by atoms with Gasteiger partial charge in [0.25, 0.3) is 0 Å². The summed E-state index contributed by atoms with van der Waals surface area (Å²) in [5.74, 6) is -0.836. The number of carbonyl (C=O) groups excluding carboxylic acids is 1. The number of carbonyl (C=O) groups is 2. The topological polar surface area (TPSA) is 70.1 Å². The van der Waals surface area contributed by atoms with Crippen molar-refractivity contribution in [3.05, 3.63) is 0 Å². The standard InChI is InChI=1S/C14H24N2O4/c1-10-6-16(8-12(10)13(17)18)14(19)15(2)7-11-4-3-5-20-9-11/h10-12H,3-9H2,1-2H3,(H,17,18). The molecule has 0 aliphatic carbocycles. The molecule has 2 fully saturated rings. The molecule has 0 aromatic rings. The number of amides is 2. The van der Waals surface area contributed by atoms with Crippen molar-refractivity contribution in [3.8, 4) is 0 Å². The summed E-state index contributed by atoms with van der Waals surface area (Å²) in [6.45, 7) is 4.95. The van der Waals surface area contributed by atoms with Crippen LogP contribution in [-0.4, -0.2) is 66.8 Å². The number of hydrogen-bond donors (Lipinski definition) is 1. The molecule has 0 radical (unpaired) electrons. The van der Waals surface area contributed by atoms with Crippen molar-refractivity contribution in [2.45, 2.75) is 19.8 Å². The van der Waals surface area contributed by atoms with Gasteiger partial charge in [-0.15, -0.1) is 0 Å². The van der Waals surface area contributed by atoms with Crippen molar-refractivity contribution in [2.75, 3.05) is 39.9 Å². The molecule has 2 amide bonds. The SMILES string of the molecule is CC1CN(C(=O)N(C)CC2CCCOC2)CC1C(=O)O. The first-order valence-electron chi connectivity index (χ1n) is 7.29.